The fourth-order valence-corrected chi connectivity index (χ4v) is 5.22. The predicted octanol–water partition coefficient (Wildman–Crippen LogP) is 6.97. The Hall–Kier alpha value is -3.58. The van der Waals surface area contributed by atoms with Crippen LogP contribution in [-0.4, -0.2) is 4.40 Å². The van der Waals surface area contributed by atoms with Crippen molar-refractivity contribution in [3.63, 3.8) is 0 Å². The highest BCUT2D eigenvalue weighted by Gasteiger charge is 2.23. The van der Waals surface area contributed by atoms with E-state index in [0.29, 0.717) is 0 Å². The van der Waals surface area contributed by atoms with Crippen molar-refractivity contribution >= 4 is 38.0 Å². The first-order valence-corrected chi connectivity index (χ1v) is 9.84. The van der Waals surface area contributed by atoms with Crippen molar-refractivity contribution in [2.45, 2.75) is 6.42 Å². The van der Waals surface area contributed by atoms with Gasteiger partial charge < -0.3 is 4.40 Å². The smallest absolute Gasteiger partial charge is 0.0613 e. The Kier molecular flexibility index (Phi) is 2.60. The molecule has 0 unspecified atom stereocenters. The molecular formula is C27H17N. The third-order valence-electron chi connectivity index (χ3n) is 6.37. The molecule has 0 atom stereocenters. The van der Waals surface area contributed by atoms with Crippen LogP contribution in [0, 0.1) is 0 Å². The summed E-state index contributed by atoms with van der Waals surface area (Å²) in [5, 5.41) is 6.69. The van der Waals surface area contributed by atoms with E-state index in [-0.39, 0.29) is 0 Å². The largest absolute Gasteiger partial charge is 0.315 e. The summed E-state index contributed by atoms with van der Waals surface area (Å²) in [6.07, 6.45) is 3.32. The van der Waals surface area contributed by atoms with Crippen LogP contribution in [0.25, 0.3) is 49.1 Å². The van der Waals surface area contributed by atoms with Gasteiger partial charge in [0.05, 0.1) is 11.0 Å². The third kappa shape index (κ3) is 1.67. The monoisotopic (exact) mass is 355 g/mol. The van der Waals surface area contributed by atoms with Crippen LogP contribution in [0.5, 0.6) is 0 Å². The Morgan fingerprint density at radius 1 is 0.607 bits per heavy atom. The number of hydrogen-bond donors (Lipinski definition) is 0. The van der Waals surface area contributed by atoms with Crippen LogP contribution in [0.1, 0.15) is 11.1 Å². The first-order valence-electron chi connectivity index (χ1n) is 9.84. The van der Waals surface area contributed by atoms with E-state index in [2.05, 4.69) is 95.5 Å². The third-order valence-corrected chi connectivity index (χ3v) is 6.37. The minimum absolute atomic E-state index is 1.03. The maximum absolute atomic E-state index is 2.38. The molecule has 4 aromatic carbocycles. The highest BCUT2D eigenvalue weighted by Crippen LogP contribution is 2.45. The molecule has 0 saturated heterocycles. The molecule has 0 amide bonds. The zero-order chi connectivity index (χ0) is 18.2. The van der Waals surface area contributed by atoms with E-state index in [4.69, 9.17) is 0 Å². The Balaban J connectivity index is 1.83. The van der Waals surface area contributed by atoms with Crippen LogP contribution >= 0.6 is 0 Å². The lowest BCUT2D eigenvalue weighted by Gasteiger charge is -2.14. The summed E-state index contributed by atoms with van der Waals surface area (Å²) in [6.45, 7) is 0. The standard InChI is InChI=1S/C27H17N/c1-3-9-20-17(7-1)15-18-13-14-23-26(25(18)20)22-11-5-6-12-24(22)28-16-19-8-2-4-10-21(19)27(23)28/h1-14,16H,15H2. The minimum Gasteiger partial charge on any atom is -0.315 e. The number of pyridine rings is 1. The van der Waals surface area contributed by atoms with Gasteiger partial charge in [-0.2, -0.15) is 0 Å². The van der Waals surface area contributed by atoms with Gasteiger partial charge >= 0.3 is 0 Å². The van der Waals surface area contributed by atoms with Crippen molar-refractivity contribution in [1.29, 1.82) is 0 Å². The molecule has 28 heavy (non-hydrogen) atoms. The first kappa shape index (κ1) is 14.5. The molecule has 0 fully saturated rings. The number of hydrogen-bond acceptors (Lipinski definition) is 0. The summed E-state index contributed by atoms with van der Waals surface area (Å²) in [7, 11) is 0. The van der Waals surface area contributed by atoms with Gasteiger partial charge in [0, 0.05) is 33.1 Å². The van der Waals surface area contributed by atoms with Crippen molar-refractivity contribution in [2.24, 2.45) is 0 Å². The van der Waals surface area contributed by atoms with Gasteiger partial charge in [0.25, 0.3) is 0 Å². The molecule has 0 spiro atoms. The maximum atomic E-state index is 2.38. The van der Waals surface area contributed by atoms with Gasteiger partial charge in [0.15, 0.2) is 0 Å². The van der Waals surface area contributed by atoms with Crippen LogP contribution < -0.4 is 0 Å². The summed E-state index contributed by atoms with van der Waals surface area (Å²) < 4.78 is 2.38. The summed E-state index contributed by atoms with van der Waals surface area (Å²) in [5.74, 6) is 0. The number of benzene rings is 4. The highest BCUT2D eigenvalue weighted by molar-refractivity contribution is 6.24. The number of fused-ring (bicyclic) bond motifs is 12. The van der Waals surface area contributed by atoms with Gasteiger partial charge in [-0.15, -0.1) is 0 Å². The zero-order valence-electron chi connectivity index (χ0n) is 15.3. The molecule has 6 aromatic rings. The average Bonchev–Trinajstić information content (AvgIpc) is 3.32. The molecule has 0 N–H and O–H groups in total. The van der Waals surface area contributed by atoms with E-state index in [1.54, 1.807) is 0 Å². The molecule has 1 heteroatoms. The maximum Gasteiger partial charge on any atom is 0.0613 e. The van der Waals surface area contributed by atoms with Crippen molar-refractivity contribution in [2.75, 3.05) is 0 Å². The van der Waals surface area contributed by atoms with Crippen molar-refractivity contribution in [3.05, 3.63) is 102 Å². The SMILES string of the molecule is c1ccc2c(c1)Cc1ccc3c(c1-2)c1ccccc1n1cc2ccccc2c31. The lowest BCUT2D eigenvalue weighted by Crippen LogP contribution is -1.92. The lowest BCUT2D eigenvalue weighted by molar-refractivity contribution is 1.26. The summed E-state index contributed by atoms with van der Waals surface area (Å²) in [4.78, 5) is 0. The molecule has 0 aliphatic heterocycles. The molecule has 7 rings (SSSR count). The Morgan fingerprint density at radius 2 is 1.39 bits per heavy atom. The molecule has 0 saturated carbocycles. The minimum atomic E-state index is 1.03. The Bertz CT molecular complexity index is 1580. The van der Waals surface area contributed by atoms with E-state index < -0.39 is 0 Å². The second-order valence-electron chi connectivity index (χ2n) is 7.81. The normalized spacial score (nSPS) is 12.9. The molecular weight excluding hydrogens is 338 g/mol. The number of para-hydroxylation sites is 1. The van der Waals surface area contributed by atoms with Crippen LogP contribution in [-0.2, 0) is 6.42 Å². The molecule has 0 bridgehead atoms. The summed E-state index contributed by atoms with van der Waals surface area (Å²) >= 11 is 0. The van der Waals surface area contributed by atoms with Gasteiger partial charge in [0.1, 0.15) is 0 Å². The van der Waals surface area contributed by atoms with Gasteiger partial charge in [-0.25, -0.2) is 0 Å². The van der Waals surface area contributed by atoms with E-state index in [1.807, 2.05) is 0 Å². The number of rotatable bonds is 0. The number of aromatic nitrogens is 1. The first-order chi connectivity index (χ1) is 13.9. The Labute approximate surface area is 162 Å². The van der Waals surface area contributed by atoms with E-state index in [9.17, 15) is 0 Å². The number of nitrogens with zero attached hydrogens (tertiary/aromatic N) is 1. The fraction of sp³-hybridized carbons (Fsp3) is 0.0370. The van der Waals surface area contributed by atoms with E-state index in [1.165, 1.54) is 60.2 Å². The van der Waals surface area contributed by atoms with E-state index in [0.717, 1.165) is 6.42 Å². The summed E-state index contributed by atoms with van der Waals surface area (Å²) in [6, 6.07) is 31.1. The van der Waals surface area contributed by atoms with Gasteiger partial charge in [-0.05, 0) is 34.7 Å². The quantitative estimate of drug-likeness (QED) is 0.259. The zero-order valence-corrected chi connectivity index (χ0v) is 15.3. The topological polar surface area (TPSA) is 4.41 Å². The van der Waals surface area contributed by atoms with Crippen molar-refractivity contribution in [1.82, 2.24) is 4.40 Å². The predicted molar refractivity (Wildman–Crippen MR) is 118 cm³/mol. The van der Waals surface area contributed by atoms with Crippen molar-refractivity contribution in [3.8, 4) is 11.1 Å². The van der Waals surface area contributed by atoms with Gasteiger partial charge in [-0.3, -0.25) is 0 Å². The van der Waals surface area contributed by atoms with E-state index >= 15 is 0 Å². The lowest BCUT2D eigenvalue weighted by atomic mass is 9.94. The molecule has 2 aromatic heterocycles. The molecule has 2 heterocycles. The summed E-state index contributed by atoms with van der Waals surface area (Å²) in [5.41, 5.74) is 8.30. The molecule has 130 valence electrons. The van der Waals surface area contributed by atoms with Crippen LogP contribution in [0.2, 0.25) is 0 Å². The fourth-order valence-electron chi connectivity index (χ4n) is 5.22. The average molecular weight is 355 g/mol. The highest BCUT2D eigenvalue weighted by atomic mass is 14.9. The van der Waals surface area contributed by atoms with Gasteiger partial charge in [-0.1, -0.05) is 78.9 Å². The molecule has 1 nitrogen and oxygen atoms in total. The van der Waals surface area contributed by atoms with Crippen LogP contribution in [0.4, 0.5) is 0 Å². The second-order valence-corrected chi connectivity index (χ2v) is 7.81. The van der Waals surface area contributed by atoms with Gasteiger partial charge in [0.2, 0.25) is 0 Å². The Morgan fingerprint density at radius 3 is 2.36 bits per heavy atom. The van der Waals surface area contributed by atoms with Crippen LogP contribution in [0.3, 0.4) is 0 Å². The van der Waals surface area contributed by atoms with Crippen molar-refractivity contribution < 1.29 is 0 Å². The molecule has 0 radical (unpaired) electrons. The van der Waals surface area contributed by atoms with Crippen LogP contribution in [0.15, 0.2) is 91.1 Å². The molecule has 1 aliphatic rings. The second kappa shape index (κ2) is 5.02. The molecule has 1 aliphatic carbocycles.